The molecule has 0 radical (unpaired) electrons. The molecule has 0 spiro atoms. The number of nitrogens with two attached hydrogens (primary N) is 1. The molecule has 1 aromatic heterocycles. The largest absolute Gasteiger partial charge is 0.493 e. The van der Waals surface area contributed by atoms with Gasteiger partial charge in [-0.25, -0.2) is 0 Å². The van der Waals surface area contributed by atoms with Gasteiger partial charge in [0.2, 0.25) is 5.88 Å². The van der Waals surface area contributed by atoms with E-state index in [2.05, 4.69) is 37.9 Å². The SMILES string of the molecule is CCCCC(CC)CC(CC(CC)C(N)CCC)C(=O)c1ccc(N=Nc2c(C)c(C#N)c(O)n(CC)c2=O)cc1. The fraction of sp³-hybridized carbons (Fsp3) is 0.606. The summed E-state index contributed by atoms with van der Waals surface area (Å²) in [6.45, 7) is 12.2. The number of rotatable bonds is 17. The third kappa shape index (κ3) is 8.84. The maximum atomic E-state index is 13.9. The van der Waals surface area contributed by atoms with Gasteiger partial charge < -0.3 is 10.8 Å². The van der Waals surface area contributed by atoms with Crippen LogP contribution in [0.25, 0.3) is 0 Å². The van der Waals surface area contributed by atoms with E-state index < -0.39 is 5.56 Å². The monoisotopic (exact) mass is 563 g/mol. The molecule has 0 fully saturated rings. The second kappa shape index (κ2) is 16.8. The van der Waals surface area contributed by atoms with Crippen LogP contribution in [0, 0.1) is 36.0 Å². The number of carbonyl (C=O) groups is 1. The highest BCUT2D eigenvalue weighted by Crippen LogP contribution is 2.32. The molecule has 2 rings (SSSR count). The minimum atomic E-state index is -0.514. The van der Waals surface area contributed by atoms with E-state index in [4.69, 9.17) is 5.73 Å². The number of ketones is 1. The molecule has 1 aromatic carbocycles. The quantitative estimate of drug-likeness (QED) is 0.148. The molecule has 8 nitrogen and oxygen atoms in total. The van der Waals surface area contributed by atoms with E-state index in [9.17, 15) is 20.0 Å². The highest BCUT2D eigenvalue weighted by atomic mass is 16.3. The Balaban J connectivity index is 2.35. The number of hydrogen-bond acceptors (Lipinski definition) is 7. The molecule has 0 amide bonds. The molecule has 0 saturated heterocycles. The Morgan fingerprint density at radius 1 is 1.02 bits per heavy atom. The van der Waals surface area contributed by atoms with E-state index in [-0.39, 0.29) is 47.0 Å². The van der Waals surface area contributed by atoms with E-state index in [1.54, 1.807) is 38.1 Å². The minimum Gasteiger partial charge on any atom is -0.493 e. The molecular weight excluding hydrogens is 514 g/mol. The second-order valence-corrected chi connectivity index (χ2v) is 11.2. The average molecular weight is 564 g/mol. The zero-order valence-electron chi connectivity index (χ0n) is 25.8. The van der Waals surface area contributed by atoms with Gasteiger partial charge in [-0.05, 0) is 69.2 Å². The number of unbranched alkanes of at least 4 members (excludes halogenated alkanes) is 1. The Morgan fingerprint density at radius 2 is 1.71 bits per heavy atom. The molecule has 41 heavy (non-hydrogen) atoms. The van der Waals surface area contributed by atoms with Crippen molar-refractivity contribution in [2.75, 3.05) is 0 Å². The molecule has 224 valence electrons. The summed E-state index contributed by atoms with van der Waals surface area (Å²) in [5.74, 6) is 0.503. The van der Waals surface area contributed by atoms with Crippen LogP contribution in [-0.2, 0) is 6.54 Å². The van der Waals surface area contributed by atoms with Gasteiger partial charge in [-0.15, -0.1) is 5.11 Å². The standard InChI is InChI=1S/C33H49N5O3/c1-7-12-14-23(9-3)19-26(20-24(10-4)29(35)13-8-2)31(39)25-15-17-27(18-16-25)36-37-30-22(6)28(21-34)32(40)38(11-5)33(30)41/h15-18,23-24,26,29,40H,7-14,19-20,35H2,1-6H3. The van der Waals surface area contributed by atoms with Gasteiger partial charge in [0.05, 0.1) is 5.69 Å². The number of hydrogen-bond donors (Lipinski definition) is 2. The van der Waals surface area contributed by atoms with Crippen molar-refractivity contribution in [2.24, 2.45) is 33.7 Å². The fourth-order valence-corrected chi connectivity index (χ4v) is 5.66. The highest BCUT2D eigenvalue weighted by molar-refractivity contribution is 5.98. The van der Waals surface area contributed by atoms with Crippen molar-refractivity contribution in [3.05, 3.63) is 51.3 Å². The van der Waals surface area contributed by atoms with Crippen LogP contribution in [0.1, 0.15) is 114 Å². The van der Waals surface area contributed by atoms with E-state index in [1.165, 1.54) is 6.42 Å². The molecule has 4 atom stereocenters. The van der Waals surface area contributed by atoms with Crippen molar-refractivity contribution >= 4 is 17.2 Å². The van der Waals surface area contributed by atoms with Gasteiger partial charge in [-0.3, -0.25) is 14.2 Å². The number of Topliss-reactive ketones (excluding diaryl/α,β-unsaturated/α-hetero) is 1. The maximum Gasteiger partial charge on any atom is 0.281 e. The molecule has 1 heterocycles. The van der Waals surface area contributed by atoms with Crippen LogP contribution in [0.4, 0.5) is 11.4 Å². The lowest BCUT2D eigenvalue weighted by atomic mass is 9.77. The van der Waals surface area contributed by atoms with Crippen molar-refractivity contribution in [3.8, 4) is 11.9 Å². The van der Waals surface area contributed by atoms with Crippen LogP contribution in [-0.4, -0.2) is 21.5 Å². The van der Waals surface area contributed by atoms with E-state index in [0.29, 0.717) is 23.1 Å². The lowest BCUT2D eigenvalue weighted by Crippen LogP contribution is -2.33. The van der Waals surface area contributed by atoms with Crippen molar-refractivity contribution in [3.63, 3.8) is 0 Å². The molecule has 0 bridgehead atoms. The first-order chi connectivity index (χ1) is 19.7. The topological polar surface area (TPSA) is 134 Å². The van der Waals surface area contributed by atoms with Gasteiger partial charge in [0, 0.05) is 29.6 Å². The van der Waals surface area contributed by atoms with Crippen LogP contribution in [0.5, 0.6) is 5.88 Å². The maximum absolute atomic E-state index is 13.9. The number of nitriles is 1. The zero-order valence-corrected chi connectivity index (χ0v) is 25.8. The summed E-state index contributed by atoms with van der Waals surface area (Å²) in [5, 5.41) is 28.1. The van der Waals surface area contributed by atoms with Crippen LogP contribution < -0.4 is 11.3 Å². The predicted molar refractivity (Wildman–Crippen MR) is 165 cm³/mol. The summed E-state index contributed by atoms with van der Waals surface area (Å²) in [5.41, 5.74) is 7.44. The van der Waals surface area contributed by atoms with Crippen molar-refractivity contribution in [2.45, 2.75) is 112 Å². The Bertz CT molecular complexity index is 1260. The van der Waals surface area contributed by atoms with Crippen LogP contribution in [0.2, 0.25) is 0 Å². The number of aromatic nitrogens is 1. The van der Waals surface area contributed by atoms with Gasteiger partial charge in [0.25, 0.3) is 5.56 Å². The van der Waals surface area contributed by atoms with E-state index in [0.717, 1.165) is 55.9 Å². The summed E-state index contributed by atoms with van der Waals surface area (Å²) in [7, 11) is 0. The number of nitrogens with zero attached hydrogens (tertiary/aromatic N) is 4. The van der Waals surface area contributed by atoms with Crippen LogP contribution >= 0.6 is 0 Å². The summed E-state index contributed by atoms with van der Waals surface area (Å²) in [4.78, 5) is 26.7. The van der Waals surface area contributed by atoms with E-state index in [1.807, 2.05) is 6.07 Å². The van der Waals surface area contributed by atoms with Crippen molar-refractivity contribution in [1.29, 1.82) is 5.26 Å². The summed E-state index contributed by atoms with van der Waals surface area (Å²) in [6.07, 6.45) is 9.15. The molecular formula is C33H49N5O3. The summed E-state index contributed by atoms with van der Waals surface area (Å²) < 4.78 is 1.10. The normalized spacial score (nSPS) is 14.5. The molecule has 2 aromatic rings. The first-order valence-electron chi connectivity index (χ1n) is 15.3. The molecule has 0 saturated carbocycles. The Labute approximate surface area is 245 Å². The lowest BCUT2D eigenvalue weighted by Gasteiger charge is -2.29. The van der Waals surface area contributed by atoms with Crippen LogP contribution in [0.15, 0.2) is 39.3 Å². The van der Waals surface area contributed by atoms with Gasteiger partial charge in [-0.2, -0.15) is 10.4 Å². The zero-order chi connectivity index (χ0) is 30.5. The van der Waals surface area contributed by atoms with Gasteiger partial charge in [-0.1, -0.05) is 66.2 Å². The lowest BCUT2D eigenvalue weighted by molar-refractivity contribution is 0.0865. The van der Waals surface area contributed by atoms with Crippen LogP contribution in [0.3, 0.4) is 0 Å². The summed E-state index contributed by atoms with van der Waals surface area (Å²) in [6, 6.07) is 9.04. The van der Waals surface area contributed by atoms with E-state index >= 15 is 0 Å². The number of pyridine rings is 1. The molecule has 0 aliphatic rings. The number of aromatic hydroxyl groups is 1. The molecule has 0 aliphatic heterocycles. The first-order valence-corrected chi connectivity index (χ1v) is 15.3. The Hall–Kier alpha value is -3.31. The predicted octanol–water partition coefficient (Wildman–Crippen LogP) is 8.12. The van der Waals surface area contributed by atoms with Crippen molar-refractivity contribution < 1.29 is 9.90 Å². The van der Waals surface area contributed by atoms with Gasteiger partial charge in [0.15, 0.2) is 11.5 Å². The summed E-state index contributed by atoms with van der Waals surface area (Å²) >= 11 is 0. The van der Waals surface area contributed by atoms with Crippen molar-refractivity contribution in [1.82, 2.24) is 4.57 Å². The third-order valence-corrected chi connectivity index (χ3v) is 8.37. The number of carbonyl (C=O) groups excluding carboxylic acids is 1. The minimum absolute atomic E-state index is 0.000690. The number of benzene rings is 1. The molecule has 3 N–H and O–H groups in total. The molecule has 0 aliphatic carbocycles. The average Bonchev–Trinajstić information content (AvgIpc) is 2.97. The molecule has 4 unspecified atom stereocenters. The molecule has 8 heteroatoms. The Morgan fingerprint density at radius 3 is 2.24 bits per heavy atom. The second-order valence-electron chi connectivity index (χ2n) is 11.2. The van der Waals surface area contributed by atoms with Gasteiger partial charge in [0.1, 0.15) is 11.6 Å². The highest BCUT2D eigenvalue weighted by Gasteiger charge is 2.28. The number of azo groups is 1. The third-order valence-electron chi connectivity index (χ3n) is 8.37. The van der Waals surface area contributed by atoms with Gasteiger partial charge >= 0.3 is 0 Å². The Kier molecular flexibility index (Phi) is 13.9. The fourth-order valence-electron chi connectivity index (χ4n) is 5.66. The first kappa shape index (κ1) is 33.9. The smallest absolute Gasteiger partial charge is 0.281 e.